The van der Waals surface area contributed by atoms with Crippen molar-refractivity contribution in [2.24, 2.45) is 5.73 Å². The number of methoxy groups -OCH3 is 1. The van der Waals surface area contributed by atoms with E-state index in [0.717, 1.165) is 12.8 Å². The van der Waals surface area contributed by atoms with Crippen molar-refractivity contribution in [3.05, 3.63) is 35.6 Å². The van der Waals surface area contributed by atoms with Gasteiger partial charge in [-0.1, -0.05) is 0 Å². The van der Waals surface area contributed by atoms with Gasteiger partial charge in [-0.25, -0.2) is 4.39 Å². The Hall–Kier alpha value is -1.17. The Kier molecular flexibility index (Phi) is 6.39. The molecule has 2 N–H and O–H groups in total. The predicted molar refractivity (Wildman–Crippen MR) is 77.6 cm³/mol. The highest BCUT2D eigenvalue weighted by molar-refractivity contribution is 5.94. The van der Waals surface area contributed by atoms with Crippen molar-refractivity contribution >= 4 is 18.3 Å². The lowest BCUT2D eigenvalue weighted by atomic mass is 9.98. The average Bonchev–Trinajstić information content (AvgIpc) is 2.46. The molecule has 1 aromatic rings. The van der Waals surface area contributed by atoms with Gasteiger partial charge in [0.1, 0.15) is 5.82 Å². The van der Waals surface area contributed by atoms with Crippen LogP contribution in [0.5, 0.6) is 0 Å². The summed E-state index contributed by atoms with van der Waals surface area (Å²) in [6, 6.07) is 5.59. The van der Waals surface area contributed by atoms with E-state index in [1.807, 2.05) is 0 Å². The Labute approximate surface area is 124 Å². The van der Waals surface area contributed by atoms with Gasteiger partial charge in [0.05, 0.1) is 6.10 Å². The van der Waals surface area contributed by atoms with Crippen LogP contribution in [0.3, 0.4) is 0 Å². The van der Waals surface area contributed by atoms with E-state index < -0.39 is 0 Å². The highest BCUT2D eigenvalue weighted by Crippen LogP contribution is 2.21. The van der Waals surface area contributed by atoms with Crippen LogP contribution in [0.1, 0.15) is 23.2 Å². The summed E-state index contributed by atoms with van der Waals surface area (Å²) in [6.07, 6.45) is 1.71. The molecule has 112 valence electrons. The fraction of sp³-hybridized carbons (Fsp3) is 0.500. The summed E-state index contributed by atoms with van der Waals surface area (Å²) in [4.78, 5) is 14.1. The molecule has 0 spiro atoms. The van der Waals surface area contributed by atoms with Crippen molar-refractivity contribution in [2.45, 2.75) is 25.0 Å². The summed E-state index contributed by atoms with van der Waals surface area (Å²) in [7, 11) is 1.68. The molecular weight excluding hydrogens is 283 g/mol. The minimum atomic E-state index is -0.343. The molecule has 1 aromatic carbocycles. The van der Waals surface area contributed by atoms with Crippen LogP contribution in [0, 0.1) is 5.82 Å². The second-order valence-corrected chi connectivity index (χ2v) is 4.78. The SMILES string of the molecule is COC1CCN(C(=O)c2ccc(F)cc2)C(CN)C1.Cl. The van der Waals surface area contributed by atoms with Crippen LogP contribution in [-0.2, 0) is 4.74 Å². The number of ether oxygens (including phenoxy) is 1. The van der Waals surface area contributed by atoms with Gasteiger partial charge in [0.25, 0.3) is 5.91 Å². The number of amides is 1. The molecule has 0 aromatic heterocycles. The Morgan fingerprint density at radius 3 is 2.65 bits per heavy atom. The number of likely N-dealkylation sites (tertiary alicyclic amines) is 1. The van der Waals surface area contributed by atoms with Crippen molar-refractivity contribution in [3.8, 4) is 0 Å². The molecule has 2 atom stereocenters. The first-order valence-corrected chi connectivity index (χ1v) is 6.45. The van der Waals surface area contributed by atoms with Crippen LogP contribution in [0.15, 0.2) is 24.3 Å². The third-order valence-electron chi connectivity index (χ3n) is 3.63. The van der Waals surface area contributed by atoms with E-state index in [9.17, 15) is 9.18 Å². The van der Waals surface area contributed by atoms with Crippen LogP contribution in [0.4, 0.5) is 4.39 Å². The number of carbonyl (C=O) groups excluding carboxylic acids is 1. The van der Waals surface area contributed by atoms with Crippen LogP contribution < -0.4 is 5.73 Å². The summed E-state index contributed by atoms with van der Waals surface area (Å²) in [5.41, 5.74) is 6.24. The maximum absolute atomic E-state index is 12.9. The molecule has 6 heteroatoms. The zero-order valence-corrected chi connectivity index (χ0v) is 12.2. The molecule has 0 saturated carbocycles. The predicted octanol–water partition coefficient (Wildman–Crippen LogP) is 1.83. The smallest absolute Gasteiger partial charge is 0.254 e. The van der Waals surface area contributed by atoms with Gasteiger partial charge < -0.3 is 15.4 Å². The average molecular weight is 303 g/mol. The fourth-order valence-corrected chi connectivity index (χ4v) is 2.48. The highest BCUT2D eigenvalue weighted by atomic mass is 35.5. The Morgan fingerprint density at radius 2 is 2.10 bits per heavy atom. The third-order valence-corrected chi connectivity index (χ3v) is 3.63. The molecule has 1 aliphatic heterocycles. The molecule has 2 rings (SSSR count). The summed E-state index contributed by atoms with van der Waals surface area (Å²) in [5.74, 6) is -0.435. The lowest BCUT2D eigenvalue weighted by Crippen LogP contribution is -2.51. The van der Waals surface area contributed by atoms with E-state index in [-0.39, 0.29) is 36.3 Å². The highest BCUT2D eigenvalue weighted by Gasteiger charge is 2.31. The number of carbonyl (C=O) groups is 1. The standard InChI is InChI=1S/C14H19FN2O2.ClH/c1-19-13-6-7-17(12(8-13)9-16)14(18)10-2-4-11(15)5-3-10;/h2-5,12-13H,6-9,16H2,1H3;1H. The molecule has 2 unspecified atom stereocenters. The second kappa shape index (κ2) is 7.57. The van der Waals surface area contributed by atoms with E-state index in [0.29, 0.717) is 18.7 Å². The minimum absolute atomic E-state index is 0. The van der Waals surface area contributed by atoms with E-state index >= 15 is 0 Å². The lowest BCUT2D eigenvalue weighted by molar-refractivity contribution is 0.0139. The fourth-order valence-electron chi connectivity index (χ4n) is 2.48. The molecule has 1 saturated heterocycles. The van der Waals surface area contributed by atoms with Gasteiger partial charge in [-0.15, -0.1) is 12.4 Å². The van der Waals surface area contributed by atoms with Gasteiger partial charge in [0.15, 0.2) is 0 Å². The van der Waals surface area contributed by atoms with Crippen LogP contribution in [-0.4, -0.2) is 43.2 Å². The van der Waals surface area contributed by atoms with Gasteiger partial charge in [0, 0.05) is 31.8 Å². The summed E-state index contributed by atoms with van der Waals surface area (Å²) in [5, 5.41) is 0. The van der Waals surface area contributed by atoms with Crippen molar-refractivity contribution < 1.29 is 13.9 Å². The second-order valence-electron chi connectivity index (χ2n) is 4.78. The first kappa shape index (κ1) is 16.9. The van der Waals surface area contributed by atoms with E-state index in [2.05, 4.69) is 0 Å². The number of halogens is 2. The van der Waals surface area contributed by atoms with E-state index in [4.69, 9.17) is 10.5 Å². The van der Waals surface area contributed by atoms with Crippen molar-refractivity contribution in [1.82, 2.24) is 4.90 Å². The molecule has 1 heterocycles. The maximum atomic E-state index is 12.9. The number of nitrogens with two attached hydrogens (primary N) is 1. The maximum Gasteiger partial charge on any atom is 0.254 e. The normalized spacial score (nSPS) is 22.2. The van der Waals surface area contributed by atoms with Crippen LogP contribution in [0.2, 0.25) is 0 Å². The largest absolute Gasteiger partial charge is 0.381 e. The van der Waals surface area contributed by atoms with Crippen molar-refractivity contribution in [2.75, 3.05) is 20.2 Å². The van der Waals surface area contributed by atoms with E-state index in [1.165, 1.54) is 24.3 Å². The van der Waals surface area contributed by atoms with Gasteiger partial charge in [-0.2, -0.15) is 0 Å². The number of nitrogens with zero attached hydrogens (tertiary/aromatic N) is 1. The molecule has 4 nitrogen and oxygen atoms in total. The molecule has 20 heavy (non-hydrogen) atoms. The molecule has 0 radical (unpaired) electrons. The zero-order chi connectivity index (χ0) is 13.8. The molecule has 1 fully saturated rings. The molecule has 0 bridgehead atoms. The summed E-state index contributed by atoms with van der Waals surface area (Å²) < 4.78 is 18.2. The topological polar surface area (TPSA) is 55.6 Å². The Bertz CT molecular complexity index is 441. The summed E-state index contributed by atoms with van der Waals surface area (Å²) in [6.45, 7) is 1.03. The number of piperidine rings is 1. The number of hydrogen-bond acceptors (Lipinski definition) is 3. The first-order valence-electron chi connectivity index (χ1n) is 6.45. The quantitative estimate of drug-likeness (QED) is 0.927. The van der Waals surface area contributed by atoms with Crippen molar-refractivity contribution in [3.63, 3.8) is 0 Å². The minimum Gasteiger partial charge on any atom is -0.381 e. The Balaban J connectivity index is 0.00000200. The molecular formula is C14H20ClFN2O2. The molecule has 1 aliphatic rings. The molecule has 1 amide bonds. The number of benzene rings is 1. The monoisotopic (exact) mass is 302 g/mol. The lowest BCUT2D eigenvalue weighted by Gasteiger charge is -2.38. The third kappa shape index (κ3) is 3.69. The molecule has 0 aliphatic carbocycles. The van der Waals surface area contributed by atoms with Crippen LogP contribution >= 0.6 is 12.4 Å². The summed E-state index contributed by atoms with van der Waals surface area (Å²) >= 11 is 0. The van der Waals surface area contributed by atoms with Crippen LogP contribution in [0.25, 0.3) is 0 Å². The van der Waals surface area contributed by atoms with E-state index in [1.54, 1.807) is 12.0 Å². The van der Waals surface area contributed by atoms with Crippen molar-refractivity contribution in [1.29, 1.82) is 0 Å². The number of hydrogen-bond donors (Lipinski definition) is 1. The van der Waals surface area contributed by atoms with Gasteiger partial charge in [0.2, 0.25) is 0 Å². The Morgan fingerprint density at radius 1 is 1.45 bits per heavy atom. The number of rotatable bonds is 3. The van der Waals surface area contributed by atoms with Gasteiger partial charge >= 0.3 is 0 Å². The zero-order valence-electron chi connectivity index (χ0n) is 11.4. The van der Waals surface area contributed by atoms with Gasteiger partial charge in [-0.05, 0) is 37.1 Å². The first-order chi connectivity index (χ1) is 9.15. The van der Waals surface area contributed by atoms with Gasteiger partial charge in [-0.3, -0.25) is 4.79 Å².